The van der Waals surface area contributed by atoms with E-state index in [0.717, 1.165) is 11.3 Å². The Hall–Kier alpha value is -4.01. The molecule has 0 bridgehead atoms. The summed E-state index contributed by atoms with van der Waals surface area (Å²) in [7, 11) is 0. The van der Waals surface area contributed by atoms with Crippen molar-refractivity contribution in [2.75, 3.05) is 11.9 Å². The largest absolute Gasteiger partial charge is 0.369 e. The number of pyridine rings is 1. The number of primary amides is 1. The molecule has 3 aromatic heterocycles. The summed E-state index contributed by atoms with van der Waals surface area (Å²) >= 11 is 0. The summed E-state index contributed by atoms with van der Waals surface area (Å²) in [5.41, 5.74) is 9.16. The van der Waals surface area contributed by atoms with Gasteiger partial charge >= 0.3 is 0 Å². The molecule has 0 saturated heterocycles. The molecule has 0 aliphatic rings. The Morgan fingerprint density at radius 3 is 2.63 bits per heavy atom. The maximum absolute atomic E-state index is 13.4. The number of anilines is 1. The highest BCUT2D eigenvalue weighted by molar-refractivity contribution is 5.87. The summed E-state index contributed by atoms with van der Waals surface area (Å²) in [5.74, 6) is -1.03. The quantitative estimate of drug-likeness (QED) is 0.359. The predicted octanol–water partition coefficient (Wildman–Crippen LogP) is 2.61. The average Bonchev–Trinajstić information content (AvgIpc) is 3.43. The van der Waals surface area contributed by atoms with Crippen molar-refractivity contribution in [3.05, 3.63) is 83.6 Å². The second kappa shape index (κ2) is 8.56. The van der Waals surface area contributed by atoms with Gasteiger partial charge in [0.05, 0.1) is 17.1 Å². The fraction of sp³-hybridized carbons (Fsp3) is 0.143. The first kappa shape index (κ1) is 19.3. The Bertz CT molecular complexity index is 1130. The van der Waals surface area contributed by atoms with Gasteiger partial charge in [-0.25, -0.2) is 9.37 Å². The smallest absolute Gasteiger partial charge is 0.231 e. The molecule has 0 aliphatic carbocycles. The number of hydrogen-bond donors (Lipinski definition) is 4. The molecule has 0 fully saturated rings. The number of hydrogen-bond acceptors (Lipinski definition) is 5. The van der Waals surface area contributed by atoms with Gasteiger partial charge in [0.2, 0.25) is 5.91 Å². The van der Waals surface area contributed by atoms with Gasteiger partial charge in [-0.05, 0) is 42.3 Å². The topological polar surface area (TPSA) is 125 Å². The van der Waals surface area contributed by atoms with E-state index >= 15 is 0 Å². The number of nitrogens with two attached hydrogens (primary N) is 1. The minimum absolute atomic E-state index is 0.277. The molecule has 1 atom stereocenters. The number of aromatic amines is 2. The Kier molecular flexibility index (Phi) is 5.51. The van der Waals surface area contributed by atoms with E-state index in [1.54, 1.807) is 36.7 Å². The van der Waals surface area contributed by atoms with Crippen molar-refractivity contribution >= 4 is 11.7 Å². The summed E-state index contributed by atoms with van der Waals surface area (Å²) in [6.45, 7) is 0.490. The standard InChI is InChI=1S/C21H20FN7O/c22-14-3-1-2-13(12-14)6-9-24-21-15(19(20(23)30)18-8-11-26-29-18)4-5-16(27-21)17-7-10-25-28-17/h1-5,7-8,10-12,19H,6,9H2,(H2,23,30)(H,24,27)(H,25,28)(H,26,29). The molecular formula is C21H20FN7O. The Morgan fingerprint density at radius 1 is 1.10 bits per heavy atom. The molecule has 0 aliphatic heterocycles. The molecule has 1 aromatic carbocycles. The monoisotopic (exact) mass is 405 g/mol. The van der Waals surface area contributed by atoms with E-state index in [-0.39, 0.29) is 5.82 Å². The van der Waals surface area contributed by atoms with E-state index in [1.165, 1.54) is 12.1 Å². The molecule has 3 heterocycles. The Morgan fingerprint density at radius 2 is 1.93 bits per heavy atom. The predicted molar refractivity (Wildman–Crippen MR) is 110 cm³/mol. The normalized spacial score (nSPS) is 11.9. The van der Waals surface area contributed by atoms with Crippen LogP contribution in [0.1, 0.15) is 22.7 Å². The summed E-state index contributed by atoms with van der Waals surface area (Å²) < 4.78 is 13.4. The zero-order valence-corrected chi connectivity index (χ0v) is 16.0. The molecule has 4 rings (SSSR count). The number of nitrogens with zero attached hydrogens (tertiary/aromatic N) is 3. The number of carbonyl (C=O) groups excluding carboxylic acids is 1. The lowest BCUT2D eigenvalue weighted by molar-refractivity contribution is -0.118. The molecule has 1 unspecified atom stereocenters. The molecule has 9 heteroatoms. The molecule has 1 amide bonds. The number of halogens is 1. The van der Waals surface area contributed by atoms with Gasteiger partial charge in [-0.2, -0.15) is 10.2 Å². The van der Waals surface area contributed by atoms with E-state index in [9.17, 15) is 9.18 Å². The van der Waals surface area contributed by atoms with Crippen molar-refractivity contribution in [3.63, 3.8) is 0 Å². The van der Waals surface area contributed by atoms with Gasteiger partial charge in [0.15, 0.2) is 0 Å². The van der Waals surface area contributed by atoms with E-state index < -0.39 is 11.8 Å². The first-order chi connectivity index (χ1) is 14.6. The average molecular weight is 405 g/mol. The fourth-order valence-electron chi connectivity index (χ4n) is 3.31. The number of H-pyrrole nitrogens is 2. The van der Waals surface area contributed by atoms with Crippen LogP contribution in [0.2, 0.25) is 0 Å². The highest BCUT2D eigenvalue weighted by Crippen LogP contribution is 2.30. The molecule has 0 spiro atoms. The van der Waals surface area contributed by atoms with Crippen LogP contribution < -0.4 is 11.1 Å². The molecule has 30 heavy (non-hydrogen) atoms. The summed E-state index contributed by atoms with van der Waals surface area (Å²) in [5, 5.41) is 16.8. The van der Waals surface area contributed by atoms with Crippen molar-refractivity contribution < 1.29 is 9.18 Å². The zero-order chi connectivity index (χ0) is 20.9. The molecule has 4 aromatic rings. The SMILES string of the molecule is NC(=O)C(c1ccn[nH]1)c1ccc(-c2ccn[nH]2)nc1NCCc1cccc(F)c1. The third kappa shape index (κ3) is 4.19. The fourth-order valence-corrected chi connectivity index (χ4v) is 3.31. The summed E-state index contributed by atoms with van der Waals surface area (Å²) in [6, 6.07) is 13.6. The lowest BCUT2D eigenvalue weighted by Crippen LogP contribution is -2.24. The molecule has 5 N–H and O–H groups in total. The van der Waals surface area contributed by atoms with Crippen LogP contribution in [-0.2, 0) is 11.2 Å². The Balaban J connectivity index is 1.65. The van der Waals surface area contributed by atoms with Crippen LogP contribution in [0.25, 0.3) is 11.4 Å². The summed E-state index contributed by atoms with van der Waals surface area (Å²) in [4.78, 5) is 16.9. The molecule has 0 saturated carbocycles. The number of benzene rings is 1. The third-order valence-corrected chi connectivity index (χ3v) is 4.73. The van der Waals surface area contributed by atoms with Gasteiger partial charge < -0.3 is 11.1 Å². The van der Waals surface area contributed by atoms with Crippen molar-refractivity contribution in [3.8, 4) is 11.4 Å². The van der Waals surface area contributed by atoms with Gasteiger partial charge in [-0.15, -0.1) is 0 Å². The van der Waals surface area contributed by atoms with Crippen LogP contribution in [0, 0.1) is 5.82 Å². The highest BCUT2D eigenvalue weighted by Gasteiger charge is 2.25. The van der Waals surface area contributed by atoms with Gasteiger partial charge in [0.1, 0.15) is 17.6 Å². The third-order valence-electron chi connectivity index (χ3n) is 4.73. The maximum atomic E-state index is 13.4. The first-order valence-electron chi connectivity index (χ1n) is 9.39. The molecule has 8 nitrogen and oxygen atoms in total. The van der Waals surface area contributed by atoms with Crippen molar-refractivity contribution in [1.82, 2.24) is 25.4 Å². The van der Waals surface area contributed by atoms with Gasteiger partial charge in [-0.3, -0.25) is 15.0 Å². The minimum Gasteiger partial charge on any atom is -0.369 e. The van der Waals surface area contributed by atoms with Crippen LogP contribution in [0.15, 0.2) is 60.9 Å². The summed E-state index contributed by atoms with van der Waals surface area (Å²) in [6.07, 6.45) is 3.78. The molecule has 0 radical (unpaired) electrons. The van der Waals surface area contributed by atoms with Crippen LogP contribution in [0.5, 0.6) is 0 Å². The lowest BCUT2D eigenvalue weighted by atomic mass is 9.95. The number of rotatable bonds is 8. The molecule has 152 valence electrons. The number of aromatic nitrogens is 5. The lowest BCUT2D eigenvalue weighted by Gasteiger charge is -2.18. The second-order valence-corrected chi connectivity index (χ2v) is 6.76. The van der Waals surface area contributed by atoms with Crippen LogP contribution in [0.3, 0.4) is 0 Å². The minimum atomic E-state index is -0.743. The van der Waals surface area contributed by atoms with Crippen LogP contribution in [-0.4, -0.2) is 37.8 Å². The van der Waals surface area contributed by atoms with Gasteiger partial charge in [0.25, 0.3) is 0 Å². The second-order valence-electron chi connectivity index (χ2n) is 6.76. The van der Waals surface area contributed by atoms with Crippen molar-refractivity contribution in [2.24, 2.45) is 5.73 Å². The Labute approximate surface area is 171 Å². The van der Waals surface area contributed by atoms with Crippen molar-refractivity contribution in [2.45, 2.75) is 12.3 Å². The number of amides is 1. The van der Waals surface area contributed by atoms with Gasteiger partial charge in [0, 0.05) is 24.5 Å². The van der Waals surface area contributed by atoms with Gasteiger partial charge in [-0.1, -0.05) is 18.2 Å². The van der Waals surface area contributed by atoms with Crippen molar-refractivity contribution in [1.29, 1.82) is 0 Å². The molecular weight excluding hydrogens is 385 g/mol. The van der Waals surface area contributed by atoms with E-state index in [2.05, 4.69) is 30.7 Å². The highest BCUT2D eigenvalue weighted by atomic mass is 19.1. The number of nitrogens with one attached hydrogen (secondary N) is 3. The van der Waals surface area contributed by atoms with E-state index in [4.69, 9.17) is 5.73 Å². The zero-order valence-electron chi connectivity index (χ0n) is 16.0. The number of carbonyl (C=O) groups is 1. The maximum Gasteiger partial charge on any atom is 0.231 e. The first-order valence-corrected chi connectivity index (χ1v) is 9.39. The van der Waals surface area contributed by atoms with E-state index in [1.807, 2.05) is 12.1 Å². The van der Waals surface area contributed by atoms with Crippen LogP contribution >= 0.6 is 0 Å². The van der Waals surface area contributed by atoms with Crippen LogP contribution in [0.4, 0.5) is 10.2 Å². The van der Waals surface area contributed by atoms with E-state index in [0.29, 0.717) is 35.7 Å².